The number of hydrogen-bond donors (Lipinski definition) is 1. The quantitative estimate of drug-likeness (QED) is 0.891. The maximum absolute atomic E-state index is 4.09. The molecule has 4 nitrogen and oxygen atoms in total. The Morgan fingerprint density at radius 3 is 3.19 bits per heavy atom. The fourth-order valence-electron chi connectivity index (χ4n) is 2.23. The first-order valence-electron chi connectivity index (χ1n) is 5.51. The van der Waals surface area contributed by atoms with Gasteiger partial charge in [0.25, 0.3) is 0 Å². The van der Waals surface area contributed by atoms with Crippen LogP contribution < -0.4 is 5.32 Å². The number of nitrogens with one attached hydrogen (secondary N) is 1. The summed E-state index contributed by atoms with van der Waals surface area (Å²) in [6.07, 6.45) is 2.66. The highest BCUT2D eigenvalue weighted by Crippen LogP contribution is 2.17. The highest BCUT2D eigenvalue weighted by molar-refractivity contribution is 7.03. The third-order valence-corrected chi connectivity index (χ3v) is 3.44. The Morgan fingerprint density at radius 2 is 2.50 bits per heavy atom. The standard InChI is InChI=1S/C10H18N4S.ClH/c1-11-5-9-3-2-4-14(6-9)7-10-8-15-13-12-10;/h8-9,11H,2-7H2,1H3;1H. The molecule has 0 bridgehead atoms. The second kappa shape index (κ2) is 7.17. The number of rotatable bonds is 4. The third kappa shape index (κ3) is 3.97. The minimum atomic E-state index is 0. The number of aromatic nitrogens is 2. The lowest BCUT2D eigenvalue weighted by Gasteiger charge is -2.31. The Labute approximate surface area is 107 Å². The Morgan fingerprint density at radius 1 is 1.62 bits per heavy atom. The van der Waals surface area contributed by atoms with E-state index in [1.54, 1.807) is 0 Å². The lowest BCUT2D eigenvalue weighted by atomic mass is 9.98. The van der Waals surface area contributed by atoms with E-state index in [1.165, 1.54) is 37.5 Å². The molecule has 6 heteroatoms. The normalized spacial score (nSPS) is 21.7. The summed E-state index contributed by atoms with van der Waals surface area (Å²) >= 11 is 1.44. The number of likely N-dealkylation sites (tertiary alicyclic amines) is 1. The van der Waals surface area contributed by atoms with E-state index in [4.69, 9.17) is 0 Å². The van der Waals surface area contributed by atoms with E-state index in [0.29, 0.717) is 0 Å². The fraction of sp³-hybridized carbons (Fsp3) is 0.800. The summed E-state index contributed by atoms with van der Waals surface area (Å²) in [7, 11) is 2.03. The van der Waals surface area contributed by atoms with E-state index in [9.17, 15) is 0 Å². The van der Waals surface area contributed by atoms with E-state index in [-0.39, 0.29) is 12.4 Å². The van der Waals surface area contributed by atoms with Crippen LogP contribution in [0, 0.1) is 5.92 Å². The average Bonchev–Trinajstić information content (AvgIpc) is 2.71. The van der Waals surface area contributed by atoms with Gasteiger partial charge in [-0.2, -0.15) is 0 Å². The summed E-state index contributed by atoms with van der Waals surface area (Å²) in [4.78, 5) is 2.49. The summed E-state index contributed by atoms with van der Waals surface area (Å²) in [5.74, 6) is 0.801. The predicted molar refractivity (Wildman–Crippen MR) is 69.1 cm³/mol. The van der Waals surface area contributed by atoms with E-state index >= 15 is 0 Å². The maximum Gasteiger partial charge on any atom is 0.0895 e. The molecular formula is C10H19ClN4S. The molecule has 2 heterocycles. The molecule has 1 unspecified atom stereocenters. The molecule has 16 heavy (non-hydrogen) atoms. The van der Waals surface area contributed by atoms with Crippen LogP contribution >= 0.6 is 23.9 Å². The second-order valence-corrected chi connectivity index (χ2v) is 4.81. The molecule has 1 saturated heterocycles. The molecule has 1 aromatic rings. The van der Waals surface area contributed by atoms with Crippen LogP contribution in [0.1, 0.15) is 18.5 Å². The molecule has 1 aliphatic rings. The van der Waals surface area contributed by atoms with Gasteiger partial charge in [0.1, 0.15) is 0 Å². The highest BCUT2D eigenvalue weighted by atomic mass is 35.5. The topological polar surface area (TPSA) is 41.0 Å². The Balaban J connectivity index is 0.00000128. The van der Waals surface area contributed by atoms with Crippen molar-refractivity contribution in [3.05, 3.63) is 11.1 Å². The van der Waals surface area contributed by atoms with Gasteiger partial charge in [0.2, 0.25) is 0 Å². The van der Waals surface area contributed by atoms with Crippen molar-refractivity contribution in [2.24, 2.45) is 5.92 Å². The van der Waals surface area contributed by atoms with Crippen molar-refractivity contribution < 1.29 is 0 Å². The lowest BCUT2D eigenvalue weighted by molar-refractivity contribution is 0.165. The first-order chi connectivity index (χ1) is 7.38. The molecule has 2 rings (SSSR count). The van der Waals surface area contributed by atoms with E-state index in [2.05, 4.69) is 19.8 Å². The lowest BCUT2D eigenvalue weighted by Crippen LogP contribution is -2.38. The maximum atomic E-state index is 4.09. The molecule has 1 aliphatic heterocycles. The molecule has 1 fully saturated rings. The molecule has 0 spiro atoms. The Bertz CT molecular complexity index is 278. The molecule has 92 valence electrons. The smallest absolute Gasteiger partial charge is 0.0895 e. The number of nitrogens with zero attached hydrogens (tertiary/aromatic N) is 3. The zero-order valence-electron chi connectivity index (χ0n) is 9.56. The summed E-state index contributed by atoms with van der Waals surface area (Å²) in [5.41, 5.74) is 1.12. The number of hydrogen-bond acceptors (Lipinski definition) is 5. The van der Waals surface area contributed by atoms with Crippen molar-refractivity contribution in [3.63, 3.8) is 0 Å². The van der Waals surface area contributed by atoms with Gasteiger partial charge in [0.05, 0.1) is 5.69 Å². The van der Waals surface area contributed by atoms with Gasteiger partial charge in [0, 0.05) is 18.5 Å². The van der Waals surface area contributed by atoms with Gasteiger partial charge < -0.3 is 5.32 Å². The van der Waals surface area contributed by atoms with Crippen LogP contribution in [-0.2, 0) is 6.54 Å². The minimum absolute atomic E-state index is 0. The zero-order chi connectivity index (χ0) is 10.5. The third-order valence-electron chi connectivity index (χ3n) is 2.89. The van der Waals surface area contributed by atoms with Crippen LogP contribution in [0.25, 0.3) is 0 Å². The first-order valence-corrected chi connectivity index (χ1v) is 6.35. The Kier molecular flexibility index (Phi) is 6.20. The van der Waals surface area contributed by atoms with Crippen molar-refractivity contribution in [1.82, 2.24) is 19.8 Å². The van der Waals surface area contributed by atoms with E-state index in [0.717, 1.165) is 24.7 Å². The van der Waals surface area contributed by atoms with Gasteiger partial charge in [-0.25, -0.2) is 0 Å². The monoisotopic (exact) mass is 262 g/mol. The van der Waals surface area contributed by atoms with Crippen molar-refractivity contribution in [2.75, 3.05) is 26.7 Å². The van der Waals surface area contributed by atoms with Crippen molar-refractivity contribution in [3.8, 4) is 0 Å². The van der Waals surface area contributed by atoms with E-state index < -0.39 is 0 Å². The molecular weight excluding hydrogens is 244 g/mol. The van der Waals surface area contributed by atoms with Crippen LogP contribution in [0.5, 0.6) is 0 Å². The number of halogens is 1. The van der Waals surface area contributed by atoms with Crippen molar-refractivity contribution in [1.29, 1.82) is 0 Å². The summed E-state index contributed by atoms with van der Waals surface area (Å²) in [6.45, 7) is 4.50. The molecule has 0 saturated carbocycles. The molecule has 1 N–H and O–H groups in total. The molecule has 0 radical (unpaired) electrons. The first kappa shape index (κ1) is 13.8. The number of piperidine rings is 1. The largest absolute Gasteiger partial charge is 0.319 e. The predicted octanol–water partition coefficient (Wildman–Crippen LogP) is 1.39. The molecule has 1 atom stereocenters. The fourth-order valence-corrected chi connectivity index (χ4v) is 2.67. The summed E-state index contributed by atoms with van der Waals surface area (Å²) in [5, 5.41) is 9.40. The van der Waals surface area contributed by atoms with Gasteiger partial charge in [0.15, 0.2) is 0 Å². The zero-order valence-corrected chi connectivity index (χ0v) is 11.2. The highest BCUT2D eigenvalue weighted by Gasteiger charge is 2.19. The van der Waals surface area contributed by atoms with Crippen LogP contribution in [0.2, 0.25) is 0 Å². The molecule has 0 aromatic carbocycles. The second-order valence-electron chi connectivity index (χ2n) is 4.20. The van der Waals surface area contributed by atoms with Gasteiger partial charge >= 0.3 is 0 Å². The molecule has 0 aliphatic carbocycles. The van der Waals surface area contributed by atoms with Crippen molar-refractivity contribution >= 4 is 23.9 Å². The summed E-state index contributed by atoms with van der Waals surface area (Å²) in [6, 6.07) is 0. The van der Waals surface area contributed by atoms with Gasteiger partial charge in [-0.15, -0.1) is 17.5 Å². The van der Waals surface area contributed by atoms with E-state index in [1.807, 2.05) is 12.4 Å². The Hall–Kier alpha value is -0.230. The van der Waals surface area contributed by atoms with Gasteiger partial charge in [-0.05, 0) is 50.4 Å². The van der Waals surface area contributed by atoms with Crippen LogP contribution in [0.15, 0.2) is 5.38 Å². The summed E-state index contributed by atoms with van der Waals surface area (Å²) < 4.78 is 3.90. The van der Waals surface area contributed by atoms with Crippen LogP contribution in [-0.4, -0.2) is 41.2 Å². The molecule has 0 amide bonds. The molecule has 1 aromatic heterocycles. The average molecular weight is 263 g/mol. The van der Waals surface area contributed by atoms with Crippen LogP contribution in [0.3, 0.4) is 0 Å². The van der Waals surface area contributed by atoms with Crippen LogP contribution in [0.4, 0.5) is 0 Å². The van der Waals surface area contributed by atoms with Gasteiger partial charge in [-0.3, -0.25) is 4.90 Å². The van der Waals surface area contributed by atoms with Gasteiger partial charge in [-0.1, -0.05) is 4.49 Å². The SMILES string of the molecule is CNCC1CCCN(Cc2csnn2)C1.Cl. The van der Waals surface area contributed by atoms with Crippen molar-refractivity contribution in [2.45, 2.75) is 19.4 Å². The minimum Gasteiger partial charge on any atom is -0.319 e.